The first-order chi connectivity index (χ1) is 21.1. The number of fused-ring (bicyclic) bond motifs is 1. The van der Waals surface area contributed by atoms with Crippen molar-refractivity contribution in [3.05, 3.63) is 67.5 Å². The highest BCUT2D eigenvalue weighted by molar-refractivity contribution is 5.97. The fraction of sp³-hybridized carbons (Fsp3) is 0.333. The molecule has 0 radical (unpaired) electrons. The number of nitrogens with one attached hydrogen (secondary N) is 2. The van der Waals surface area contributed by atoms with Crippen LogP contribution in [0.2, 0.25) is 0 Å². The van der Waals surface area contributed by atoms with E-state index < -0.39 is 5.60 Å². The average Bonchev–Trinajstić information content (AvgIpc) is 3.33. The van der Waals surface area contributed by atoms with Crippen LogP contribution in [-0.4, -0.2) is 70.3 Å². The number of ether oxygens (including phenoxy) is 2. The quantitative estimate of drug-likeness (QED) is 0.239. The summed E-state index contributed by atoms with van der Waals surface area (Å²) in [5.74, 6) is 0.741. The van der Waals surface area contributed by atoms with Crippen LogP contribution in [0.4, 0.5) is 27.8 Å². The number of amides is 2. The number of carbonyl (C=O) groups is 2. The molecule has 230 valence electrons. The van der Waals surface area contributed by atoms with Crippen LogP contribution in [0, 0.1) is 0 Å². The van der Waals surface area contributed by atoms with E-state index in [0.29, 0.717) is 49.3 Å². The fourth-order valence-electron chi connectivity index (χ4n) is 5.22. The molecule has 2 aromatic heterocycles. The summed E-state index contributed by atoms with van der Waals surface area (Å²) in [5.41, 5.74) is 4.28. The average molecular weight is 598 g/mol. The summed E-state index contributed by atoms with van der Waals surface area (Å²) in [6, 6.07) is 13.8. The lowest BCUT2D eigenvalue weighted by Gasteiger charge is -2.37. The van der Waals surface area contributed by atoms with Gasteiger partial charge in [0, 0.05) is 74.6 Å². The Kier molecular flexibility index (Phi) is 8.75. The van der Waals surface area contributed by atoms with Crippen molar-refractivity contribution in [3.63, 3.8) is 0 Å². The summed E-state index contributed by atoms with van der Waals surface area (Å²) < 4.78 is 13.4. The second kappa shape index (κ2) is 12.7. The standard InChI is InChI=1S/C33H39N7O4/c1-7-10-30(41)35-25-19-26(29(43-6)20-28(25)39-15-17-40(18-16-39)32(42)44-33(2,3)4)37-31-34-14-13-24(36-31)23-21-38(5)27-12-9-8-11-22(23)27/h7-9,11-14,19-21H,1,10,15-18H2,2-6H3,(H,35,41)(H,34,36,37). The van der Waals surface area contributed by atoms with Gasteiger partial charge in [-0.25, -0.2) is 14.8 Å². The van der Waals surface area contributed by atoms with Gasteiger partial charge in [-0.3, -0.25) is 4.79 Å². The SMILES string of the molecule is C=CCC(=O)Nc1cc(Nc2nccc(-c3cn(C)c4ccccc34)n2)c(OC)cc1N1CCN(C(=O)OC(C)(C)C)CC1. The molecule has 0 saturated carbocycles. The lowest BCUT2D eigenvalue weighted by molar-refractivity contribution is -0.115. The molecule has 44 heavy (non-hydrogen) atoms. The molecule has 0 spiro atoms. The zero-order chi connectivity index (χ0) is 31.4. The number of nitrogens with zero attached hydrogens (tertiary/aromatic N) is 5. The highest BCUT2D eigenvalue weighted by atomic mass is 16.6. The summed E-state index contributed by atoms with van der Waals surface area (Å²) in [4.78, 5) is 38.4. The fourth-order valence-corrected chi connectivity index (χ4v) is 5.22. The van der Waals surface area contributed by atoms with Crippen molar-refractivity contribution in [2.24, 2.45) is 7.05 Å². The second-order valence-corrected chi connectivity index (χ2v) is 11.6. The molecular weight excluding hydrogens is 558 g/mol. The van der Waals surface area contributed by atoms with Crippen LogP contribution in [0.3, 0.4) is 0 Å². The molecule has 1 fully saturated rings. The summed E-state index contributed by atoms with van der Waals surface area (Å²) >= 11 is 0. The first-order valence-electron chi connectivity index (χ1n) is 14.6. The predicted molar refractivity (Wildman–Crippen MR) is 174 cm³/mol. The number of anilines is 4. The summed E-state index contributed by atoms with van der Waals surface area (Å²) in [7, 11) is 3.60. The number of para-hydroxylation sites is 1. The molecule has 0 aliphatic carbocycles. The first-order valence-corrected chi connectivity index (χ1v) is 14.6. The van der Waals surface area contributed by atoms with E-state index in [9.17, 15) is 9.59 Å². The topological polar surface area (TPSA) is 114 Å². The van der Waals surface area contributed by atoms with E-state index in [1.165, 1.54) is 0 Å². The monoisotopic (exact) mass is 597 g/mol. The first kappa shape index (κ1) is 30.4. The van der Waals surface area contributed by atoms with E-state index in [1.807, 2.05) is 58.2 Å². The van der Waals surface area contributed by atoms with Gasteiger partial charge in [0.2, 0.25) is 11.9 Å². The molecule has 1 aliphatic rings. The van der Waals surface area contributed by atoms with Crippen LogP contribution in [0.15, 0.2) is 67.5 Å². The number of aromatic nitrogens is 3. The number of methoxy groups -OCH3 is 1. The third-order valence-electron chi connectivity index (χ3n) is 7.27. The van der Waals surface area contributed by atoms with E-state index in [4.69, 9.17) is 14.5 Å². The lowest BCUT2D eigenvalue weighted by Crippen LogP contribution is -2.50. The van der Waals surface area contributed by atoms with Gasteiger partial charge in [-0.05, 0) is 39.0 Å². The van der Waals surface area contributed by atoms with Crippen molar-refractivity contribution in [3.8, 4) is 17.0 Å². The highest BCUT2D eigenvalue weighted by Crippen LogP contribution is 2.39. The van der Waals surface area contributed by atoms with Crippen molar-refractivity contribution in [2.45, 2.75) is 32.8 Å². The number of hydrogen-bond donors (Lipinski definition) is 2. The molecule has 2 amide bonds. The minimum Gasteiger partial charge on any atom is -0.494 e. The minimum atomic E-state index is -0.564. The normalized spacial score (nSPS) is 13.5. The number of hydrogen-bond acceptors (Lipinski definition) is 8. The second-order valence-electron chi connectivity index (χ2n) is 11.6. The van der Waals surface area contributed by atoms with Crippen LogP contribution in [0.25, 0.3) is 22.2 Å². The molecule has 0 atom stereocenters. The summed E-state index contributed by atoms with van der Waals surface area (Å²) in [6.45, 7) is 11.3. The van der Waals surface area contributed by atoms with Gasteiger partial charge in [-0.2, -0.15) is 0 Å². The van der Waals surface area contributed by atoms with Gasteiger partial charge in [-0.1, -0.05) is 24.3 Å². The molecule has 1 saturated heterocycles. The molecule has 0 unspecified atom stereocenters. The Bertz CT molecular complexity index is 1680. The lowest BCUT2D eigenvalue weighted by atomic mass is 10.1. The molecule has 2 aromatic carbocycles. The Morgan fingerprint density at radius 2 is 1.82 bits per heavy atom. The van der Waals surface area contributed by atoms with Gasteiger partial charge >= 0.3 is 6.09 Å². The van der Waals surface area contributed by atoms with E-state index in [-0.39, 0.29) is 18.4 Å². The maximum atomic E-state index is 12.7. The zero-order valence-electron chi connectivity index (χ0n) is 25.9. The van der Waals surface area contributed by atoms with Crippen LogP contribution < -0.4 is 20.3 Å². The number of benzene rings is 2. The van der Waals surface area contributed by atoms with Gasteiger partial charge in [0.1, 0.15) is 11.4 Å². The number of carbonyl (C=O) groups excluding carboxylic acids is 2. The molecule has 2 N–H and O–H groups in total. The number of piperazine rings is 1. The predicted octanol–water partition coefficient (Wildman–Crippen LogP) is 5.96. The van der Waals surface area contributed by atoms with Crippen molar-refractivity contribution >= 4 is 45.9 Å². The Morgan fingerprint density at radius 3 is 2.52 bits per heavy atom. The molecule has 11 nitrogen and oxygen atoms in total. The van der Waals surface area contributed by atoms with E-state index in [0.717, 1.165) is 27.8 Å². The minimum absolute atomic E-state index is 0.164. The third-order valence-corrected chi connectivity index (χ3v) is 7.27. The molecule has 5 rings (SSSR count). The third kappa shape index (κ3) is 6.77. The van der Waals surface area contributed by atoms with E-state index in [1.54, 1.807) is 24.3 Å². The Balaban J connectivity index is 1.43. The van der Waals surface area contributed by atoms with Crippen molar-refractivity contribution < 1.29 is 19.1 Å². The number of aryl methyl sites for hydroxylation is 1. The van der Waals surface area contributed by atoms with Gasteiger partial charge in [0.25, 0.3) is 0 Å². The smallest absolute Gasteiger partial charge is 0.410 e. The summed E-state index contributed by atoms with van der Waals surface area (Å²) in [5, 5.41) is 7.41. The largest absolute Gasteiger partial charge is 0.494 e. The van der Waals surface area contributed by atoms with Gasteiger partial charge in [0.05, 0.1) is 29.9 Å². The van der Waals surface area contributed by atoms with Gasteiger partial charge in [0.15, 0.2) is 0 Å². The molecule has 11 heteroatoms. The Labute approximate surface area is 257 Å². The van der Waals surface area contributed by atoms with Crippen LogP contribution in [-0.2, 0) is 16.6 Å². The molecule has 0 bridgehead atoms. The Morgan fingerprint density at radius 1 is 1.07 bits per heavy atom. The maximum absolute atomic E-state index is 12.7. The summed E-state index contributed by atoms with van der Waals surface area (Å²) in [6.07, 6.45) is 5.16. The van der Waals surface area contributed by atoms with Crippen molar-refractivity contribution in [2.75, 3.05) is 48.8 Å². The highest BCUT2D eigenvalue weighted by Gasteiger charge is 2.28. The number of rotatable bonds is 8. The van der Waals surface area contributed by atoms with Crippen molar-refractivity contribution in [1.29, 1.82) is 0 Å². The molecule has 4 aromatic rings. The molecule has 3 heterocycles. The Hall–Kier alpha value is -5.06. The molecule has 1 aliphatic heterocycles. The van der Waals surface area contributed by atoms with Crippen molar-refractivity contribution in [1.82, 2.24) is 19.4 Å². The van der Waals surface area contributed by atoms with Crippen LogP contribution in [0.5, 0.6) is 5.75 Å². The zero-order valence-corrected chi connectivity index (χ0v) is 25.9. The van der Waals surface area contributed by atoms with Crippen LogP contribution >= 0.6 is 0 Å². The van der Waals surface area contributed by atoms with Crippen LogP contribution in [0.1, 0.15) is 27.2 Å². The van der Waals surface area contributed by atoms with Gasteiger partial charge in [-0.15, -0.1) is 6.58 Å². The maximum Gasteiger partial charge on any atom is 0.410 e. The van der Waals surface area contributed by atoms with E-state index >= 15 is 0 Å². The van der Waals surface area contributed by atoms with E-state index in [2.05, 4.69) is 50.0 Å². The molecular formula is C33H39N7O4. The van der Waals surface area contributed by atoms with Gasteiger partial charge < -0.3 is 34.5 Å².